The third kappa shape index (κ3) is 6.35. The van der Waals surface area contributed by atoms with Gasteiger partial charge in [-0.25, -0.2) is 8.42 Å². The normalized spacial score (nSPS) is 12.1. The zero-order chi connectivity index (χ0) is 20.9. The van der Waals surface area contributed by atoms with Crippen LogP contribution in [0.25, 0.3) is 0 Å². The second kappa shape index (κ2) is 8.75. The van der Waals surface area contributed by atoms with Crippen LogP contribution in [0.15, 0.2) is 53.4 Å². The summed E-state index contributed by atoms with van der Waals surface area (Å²) in [6.45, 7) is 7.38. The molecule has 152 valence electrons. The van der Waals surface area contributed by atoms with Crippen molar-refractivity contribution in [2.45, 2.75) is 25.7 Å². The maximum Gasteiger partial charge on any atom is 0.261 e. The van der Waals surface area contributed by atoms with E-state index in [1.54, 1.807) is 24.3 Å². The molecule has 0 saturated heterocycles. The Labute approximate surface area is 168 Å². The highest BCUT2D eigenvalue weighted by atomic mass is 32.2. The number of sulfonamides is 1. The second-order valence-electron chi connectivity index (χ2n) is 8.08. The van der Waals surface area contributed by atoms with Crippen molar-refractivity contribution in [3.63, 3.8) is 0 Å². The van der Waals surface area contributed by atoms with Gasteiger partial charge in [-0.1, -0.05) is 37.6 Å². The van der Waals surface area contributed by atoms with Gasteiger partial charge in [0.2, 0.25) is 0 Å². The van der Waals surface area contributed by atoms with E-state index < -0.39 is 10.0 Å². The molecule has 0 fully saturated rings. The van der Waals surface area contributed by atoms with Gasteiger partial charge in [-0.05, 0) is 56.8 Å². The lowest BCUT2D eigenvalue weighted by molar-refractivity contribution is 0.0929. The predicted molar refractivity (Wildman–Crippen MR) is 113 cm³/mol. The van der Waals surface area contributed by atoms with Crippen LogP contribution in [-0.4, -0.2) is 46.4 Å². The number of nitrogens with zero attached hydrogens (tertiary/aromatic N) is 1. The molecule has 2 rings (SSSR count). The van der Waals surface area contributed by atoms with Gasteiger partial charge in [-0.2, -0.15) is 0 Å². The van der Waals surface area contributed by atoms with E-state index in [4.69, 9.17) is 0 Å². The van der Waals surface area contributed by atoms with E-state index in [0.717, 1.165) is 12.1 Å². The number of benzene rings is 2. The predicted octanol–water partition coefficient (Wildman–Crippen LogP) is 3.11. The van der Waals surface area contributed by atoms with Gasteiger partial charge >= 0.3 is 0 Å². The summed E-state index contributed by atoms with van der Waals surface area (Å²) in [4.78, 5) is 14.6. The monoisotopic (exact) mass is 403 g/mol. The van der Waals surface area contributed by atoms with Crippen LogP contribution >= 0.6 is 0 Å². The molecular formula is C21H29N3O3S. The zero-order valence-electron chi connectivity index (χ0n) is 17.1. The van der Waals surface area contributed by atoms with E-state index in [9.17, 15) is 13.2 Å². The van der Waals surface area contributed by atoms with Crippen LogP contribution in [0.1, 0.15) is 29.8 Å². The quantitative estimate of drug-likeness (QED) is 0.710. The zero-order valence-corrected chi connectivity index (χ0v) is 17.9. The lowest BCUT2D eigenvalue weighted by atomic mass is 9.93. The number of hydrogen-bond donors (Lipinski definition) is 2. The molecule has 0 radical (unpaired) electrons. The van der Waals surface area contributed by atoms with Crippen molar-refractivity contribution in [2.24, 2.45) is 5.41 Å². The topological polar surface area (TPSA) is 78.5 Å². The van der Waals surface area contributed by atoms with Crippen molar-refractivity contribution >= 4 is 21.6 Å². The summed E-state index contributed by atoms with van der Waals surface area (Å²) >= 11 is 0. The Kier molecular flexibility index (Phi) is 6.85. The number of anilines is 1. The summed E-state index contributed by atoms with van der Waals surface area (Å²) in [7, 11) is 0.192. The van der Waals surface area contributed by atoms with Gasteiger partial charge in [-0.15, -0.1) is 0 Å². The Morgan fingerprint density at radius 1 is 1.07 bits per heavy atom. The van der Waals surface area contributed by atoms with E-state index in [0.29, 0.717) is 17.8 Å². The molecule has 2 N–H and O–H groups in total. The van der Waals surface area contributed by atoms with Gasteiger partial charge in [0, 0.05) is 24.3 Å². The lowest BCUT2D eigenvalue weighted by Crippen LogP contribution is -2.40. The average molecular weight is 404 g/mol. The van der Waals surface area contributed by atoms with Crippen LogP contribution in [-0.2, 0) is 10.0 Å². The summed E-state index contributed by atoms with van der Waals surface area (Å²) in [5.74, 6) is -0.292. The fourth-order valence-corrected chi connectivity index (χ4v) is 4.08. The van der Waals surface area contributed by atoms with E-state index >= 15 is 0 Å². The molecule has 0 bridgehead atoms. The number of rotatable bonds is 8. The molecule has 0 aliphatic carbocycles. The first kappa shape index (κ1) is 21.9. The molecule has 0 aliphatic rings. The molecule has 1 amide bonds. The van der Waals surface area contributed by atoms with Gasteiger partial charge in [0.1, 0.15) is 0 Å². The largest absolute Gasteiger partial charge is 0.351 e. The summed E-state index contributed by atoms with van der Waals surface area (Å²) in [6, 6.07) is 13.1. The molecule has 0 aromatic heterocycles. The lowest BCUT2D eigenvalue weighted by Gasteiger charge is -2.28. The molecule has 0 saturated carbocycles. The number of aryl methyl sites for hydroxylation is 1. The highest BCUT2D eigenvalue weighted by Gasteiger charge is 2.21. The molecule has 7 heteroatoms. The minimum atomic E-state index is -3.78. The Hall–Kier alpha value is -2.38. The number of amides is 1. The van der Waals surface area contributed by atoms with E-state index in [2.05, 4.69) is 28.8 Å². The van der Waals surface area contributed by atoms with Gasteiger partial charge in [0.15, 0.2) is 0 Å². The molecule has 0 spiro atoms. The maximum absolute atomic E-state index is 12.7. The average Bonchev–Trinajstić information content (AvgIpc) is 2.60. The molecule has 0 heterocycles. The first-order chi connectivity index (χ1) is 13.0. The van der Waals surface area contributed by atoms with Crippen LogP contribution in [0, 0.1) is 12.3 Å². The minimum absolute atomic E-state index is 0.0493. The van der Waals surface area contributed by atoms with E-state index in [1.807, 2.05) is 33.2 Å². The van der Waals surface area contributed by atoms with Crippen molar-refractivity contribution in [1.82, 2.24) is 10.2 Å². The molecule has 0 unspecified atom stereocenters. The van der Waals surface area contributed by atoms with Crippen LogP contribution in [0.3, 0.4) is 0 Å². The number of hydrogen-bond acceptors (Lipinski definition) is 4. The van der Waals surface area contributed by atoms with Gasteiger partial charge in [0.05, 0.1) is 4.90 Å². The SMILES string of the molecule is Cc1ccc(NS(=O)(=O)c2cccc(C(=O)NCC(C)(C)CN(C)C)c2)cc1. The standard InChI is InChI=1S/C21H29N3O3S/c1-16-9-11-18(12-10-16)23-28(26,27)19-8-6-7-17(13-19)20(25)22-14-21(2,3)15-24(4)5/h6-13,23H,14-15H2,1-5H3,(H,22,25). The smallest absolute Gasteiger partial charge is 0.261 e. The van der Waals surface area contributed by atoms with Crippen LogP contribution in [0.4, 0.5) is 5.69 Å². The molecule has 0 aliphatic heterocycles. The minimum Gasteiger partial charge on any atom is -0.351 e. The molecule has 28 heavy (non-hydrogen) atoms. The van der Waals surface area contributed by atoms with Crippen molar-refractivity contribution in [3.8, 4) is 0 Å². The Morgan fingerprint density at radius 3 is 2.32 bits per heavy atom. The number of nitrogens with one attached hydrogen (secondary N) is 2. The summed E-state index contributed by atoms with van der Waals surface area (Å²) in [5.41, 5.74) is 1.73. The fraction of sp³-hybridized carbons (Fsp3) is 0.381. The summed E-state index contributed by atoms with van der Waals surface area (Å²) in [5, 5.41) is 2.90. The molecule has 6 nitrogen and oxygen atoms in total. The number of carbonyl (C=O) groups excluding carboxylic acids is 1. The first-order valence-corrected chi connectivity index (χ1v) is 10.6. The van der Waals surface area contributed by atoms with Crippen molar-refractivity contribution in [1.29, 1.82) is 0 Å². The van der Waals surface area contributed by atoms with Crippen molar-refractivity contribution < 1.29 is 13.2 Å². The highest BCUT2D eigenvalue weighted by Crippen LogP contribution is 2.18. The Balaban J connectivity index is 2.12. The summed E-state index contributed by atoms with van der Waals surface area (Å²) in [6.07, 6.45) is 0. The second-order valence-corrected chi connectivity index (χ2v) is 9.77. The number of carbonyl (C=O) groups is 1. The van der Waals surface area contributed by atoms with Crippen LogP contribution in [0.5, 0.6) is 0 Å². The van der Waals surface area contributed by atoms with Crippen molar-refractivity contribution in [2.75, 3.05) is 31.9 Å². The molecule has 0 atom stereocenters. The van der Waals surface area contributed by atoms with E-state index in [1.165, 1.54) is 12.1 Å². The Bertz CT molecular complexity index is 920. The van der Waals surface area contributed by atoms with Gasteiger partial charge < -0.3 is 10.2 Å². The Morgan fingerprint density at radius 2 is 1.71 bits per heavy atom. The van der Waals surface area contributed by atoms with E-state index in [-0.39, 0.29) is 16.2 Å². The van der Waals surface area contributed by atoms with Crippen LogP contribution in [0.2, 0.25) is 0 Å². The van der Waals surface area contributed by atoms with Crippen molar-refractivity contribution in [3.05, 3.63) is 59.7 Å². The third-order valence-electron chi connectivity index (χ3n) is 4.18. The fourth-order valence-electron chi connectivity index (χ4n) is 2.97. The first-order valence-electron chi connectivity index (χ1n) is 9.11. The molecule has 2 aromatic rings. The molecule has 2 aromatic carbocycles. The van der Waals surface area contributed by atoms with Gasteiger partial charge in [-0.3, -0.25) is 9.52 Å². The highest BCUT2D eigenvalue weighted by molar-refractivity contribution is 7.92. The van der Waals surface area contributed by atoms with Gasteiger partial charge in [0.25, 0.3) is 15.9 Å². The summed E-state index contributed by atoms with van der Waals surface area (Å²) < 4.78 is 27.8. The third-order valence-corrected chi connectivity index (χ3v) is 5.56. The van der Waals surface area contributed by atoms with Crippen LogP contribution < -0.4 is 10.0 Å². The maximum atomic E-state index is 12.7. The molecular weight excluding hydrogens is 374 g/mol.